The van der Waals surface area contributed by atoms with E-state index in [4.69, 9.17) is 10.5 Å². The molecule has 106 valence electrons. The van der Waals surface area contributed by atoms with Crippen LogP contribution in [-0.2, 0) is 0 Å². The third-order valence-corrected chi connectivity index (χ3v) is 5.13. The summed E-state index contributed by atoms with van der Waals surface area (Å²) >= 11 is 0. The van der Waals surface area contributed by atoms with Gasteiger partial charge in [0.25, 0.3) is 0 Å². The maximum absolute atomic E-state index is 6.55. The van der Waals surface area contributed by atoms with Gasteiger partial charge in [-0.05, 0) is 36.7 Å². The van der Waals surface area contributed by atoms with Crippen molar-refractivity contribution < 1.29 is 4.74 Å². The second-order valence-corrected chi connectivity index (χ2v) is 7.15. The predicted octanol–water partition coefficient (Wildman–Crippen LogP) is 4.16. The van der Waals surface area contributed by atoms with E-state index in [0.29, 0.717) is 5.92 Å². The molecule has 1 aliphatic rings. The Morgan fingerprint density at radius 3 is 2.05 bits per heavy atom. The highest BCUT2D eigenvalue weighted by Crippen LogP contribution is 2.72. The first-order valence-corrected chi connectivity index (χ1v) is 7.20. The summed E-state index contributed by atoms with van der Waals surface area (Å²) in [5.74, 6) is 1.43. The van der Waals surface area contributed by atoms with Crippen LogP contribution in [0.5, 0.6) is 5.75 Å². The number of hydrogen-bond donors (Lipinski definition) is 1. The third kappa shape index (κ3) is 2.27. The molecule has 1 aliphatic carbocycles. The zero-order valence-electron chi connectivity index (χ0n) is 13.0. The summed E-state index contributed by atoms with van der Waals surface area (Å²) in [6.45, 7) is 13.3. The van der Waals surface area contributed by atoms with Crippen molar-refractivity contribution in [2.24, 2.45) is 22.5 Å². The number of benzene rings is 1. The molecular weight excluding hydrogens is 234 g/mol. The second-order valence-electron chi connectivity index (χ2n) is 7.15. The van der Waals surface area contributed by atoms with Crippen LogP contribution in [0.2, 0.25) is 0 Å². The van der Waals surface area contributed by atoms with Crippen molar-refractivity contribution in [3.05, 3.63) is 29.8 Å². The molecule has 1 aromatic rings. The van der Waals surface area contributed by atoms with Crippen LogP contribution >= 0.6 is 0 Å². The van der Waals surface area contributed by atoms with Crippen LogP contribution in [-0.4, -0.2) is 6.10 Å². The molecule has 0 radical (unpaired) electrons. The van der Waals surface area contributed by atoms with E-state index in [1.807, 2.05) is 32.0 Å². The van der Waals surface area contributed by atoms with Gasteiger partial charge in [0, 0.05) is 11.6 Å². The van der Waals surface area contributed by atoms with Gasteiger partial charge in [-0.25, -0.2) is 0 Å². The second kappa shape index (κ2) is 4.52. The zero-order valence-corrected chi connectivity index (χ0v) is 13.0. The Morgan fingerprint density at radius 2 is 1.58 bits per heavy atom. The number of para-hydroxylation sites is 1. The molecule has 0 amide bonds. The van der Waals surface area contributed by atoms with Crippen LogP contribution in [0.15, 0.2) is 24.3 Å². The molecule has 1 saturated carbocycles. The molecule has 1 unspecified atom stereocenters. The SMILES string of the molecule is CC(C)Oc1ccccc1C(N)C1C(C)(C)C1(C)C. The summed E-state index contributed by atoms with van der Waals surface area (Å²) in [5, 5.41) is 0. The van der Waals surface area contributed by atoms with Crippen LogP contribution in [0.3, 0.4) is 0 Å². The van der Waals surface area contributed by atoms with E-state index in [-0.39, 0.29) is 23.0 Å². The van der Waals surface area contributed by atoms with Crippen LogP contribution in [0.4, 0.5) is 0 Å². The van der Waals surface area contributed by atoms with Crippen LogP contribution in [0, 0.1) is 16.7 Å². The summed E-state index contributed by atoms with van der Waals surface area (Å²) in [6.07, 6.45) is 0.175. The molecule has 0 saturated heterocycles. The van der Waals surface area contributed by atoms with Crippen molar-refractivity contribution in [1.29, 1.82) is 0 Å². The topological polar surface area (TPSA) is 35.2 Å². The van der Waals surface area contributed by atoms with E-state index in [9.17, 15) is 0 Å². The standard InChI is InChI=1S/C17H27NO/c1-11(2)19-13-10-8-7-9-12(13)14(18)15-16(3,4)17(15,5)6/h7-11,14-15H,18H2,1-6H3. The zero-order chi connectivity index (χ0) is 14.4. The summed E-state index contributed by atoms with van der Waals surface area (Å²) < 4.78 is 5.90. The average molecular weight is 261 g/mol. The van der Waals surface area contributed by atoms with E-state index in [0.717, 1.165) is 11.3 Å². The first-order valence-electron chi connectivity index (χ1n) is 7.20. The van der Waals surface area contributed by atoms with E-state index in [1.165, 1.54) is 0 Å². The number of nitrogens with two attached hydrogens (primary N) is 1. The Balaban J connectivity index is 2.28. The lowest BCUT2D eigenvalue weighted by atomic mass is 9.96. The van der Waals surface area contributed by atoms with Gasteiger partial charge in [0.1, 0.15) is 5.75 Å². The van der Waals surface area contributed by atoms with Gasteiger partial charge in [0.15, 0.2) is 0 Å². The molecule has 2 nitrogen and oxygen atoms in total. The van der Waals surface area contributed by atoms with Crippen molar-refractivity contribution in [2.75, 3.05) is 0 Å². The molecule has 2 N–H and O–H groups in total. The molecule has 0 bridgehead atoms. The van der Waals surface area contributed by atoms with Gasteiger partial charge in [-0.2, -0.15) is 0 Å². The summed E-state index contributed by atoms with van der Waals surface area (Å²) in [4.78, 5) is 0. The van der Waals surface area contributed by atoms with Gasteiger partial charge in [-0.15, -0.1) is 0 Å². The van der Waals surface area contributed by atoms with E-state index >= 15 is 0 Å². The Morgan fingerprint density at radius 1 is 1.05 bits per heavy atom. The predicted molar refractivity (Wildman–Crippen MR) is 80.2 cm³/mol. The number of hydrogen-bond acceptors (Lipinski definition) is 2. The quantitative estimate of drug-likeness (QED) is 0.883. The van der Waals surface area contributed by atoms with E-state index in [2.05, 4.69) is 33.8 Å². The lowest BCUT2D eigenvalue weighted by Crippen LogP contribution is -2.18. The minimum absolute atomic E-state index is 0.0416. The number of rotatable bonds is 4. The van der Waals surface area contributed by atoms with Crippen molar-refractivity contribution in [3.8, 4) is 5.75 Å². The molecule has 0 aromatic heterocycles. The van der Waals surface area contributed by atoms with Gasteiger partial charge in [0.2, 0.25) is 0 Å². The van der Waals surface area contributed by atoms with Crippen LogP contribution in [0.25, 0.3) is 0 Å². The van der Waals surface area contributed by atoms with Gasteiger partial charge >= 0.3 is 0 Å². The van der Waals surface area contributed by atoms with Crippen molar-refractivity contribution in [3.63, 3.8) is 0 Å². The molecule has 1 atom stereocenters. The minimum atomic E-state index is 0.0416. The third-order valence-electron chi connectivity index (χ3n) is 5.13. The van der Waals surface area contributed by atoms with Gasteiger partial charge in [0.05, 0.1) is 6.10 Å². The first-order chi connectivity index (χ1) is 8.69. The summed E-state index contributed by atoms with van der Waals surface area (Å²) in [6, 6.07) is 8.23. The fraction of sp³-hybridized carbons (Fsp3) is 0.647. The van der Waals surface area contributed by atoms with Gasteiger partial charge in [-0.1, -0.05) is 45.9 Å². The maximum atomic E-state index is 6.55. The molecular formula is C17H27NO. The van der Waals surface area contributed by atoms with Gasteiger partial charge < -0.3 is 10.5 Å². The Kier molecular flexibility index (Phi) is 3.42. The average Bonchev–Trinajstić information content (AvgIpc) is 2.68. The normalized spacial score (nSPS) is 22.3. The van der Waals surface area contributed by atoms with E-state index in [1.54, 1.807) is 0 Å². The lowest BCUT2D eigenvalue weighted by molar-refractivity contribution is 0.237. The van der Waals surface area contributed by atoms with Gasteiger partial charge in [-0.3, -0.25) is 0 Å². The molecule has 2 rings (SSSR count). The first kappa shape index (κ1) is 14.4. The lowest BCUT2D eigenvalue weighted by Gasteiger charge is -2.20. The van der Waals surface area contributed by atoms with Crippen molar-refractivity contribution >= 4 is 0 Å². The monoisotopic (exact) mass is 261 g/mol. The number of ether oxygens (including phenoxy) is 1. The molecule has 0 spiro atoms. The molecule has 2 heteroatoms. The largest absolute Gasteiger partial charge is 0.491 e. The molecule has 0 heterocycles. The van der Waals surface area contributed by atoms with Crippen LogP contribution in [0.1, 0.15) is 53.1 Å². The Hall–Kier alpha value is -1.02. The fourth-order valence-corrected chi connectivity index (χ4v) is 3.44. The summed E-state index contributed by atoms with van der Waals surface area (Å²) in [7, 11) is 0. The maximum Gasteiger partial charge on any atom is 0.124 e. The molecule has 1 aromatic carbocycles. The highest BCUT2D eigenvalue weighted by atomic mass is 16.5. The van der Waals surface area contributed by atoms with Crippen molar-refractivity contribution in [2.45, 2.75) is 53.7 Å². The highest BCUT2D eigenvalue weighted by Gasteiger charge is 2.66. The molecule has 19 heavy (non-hydrogen) atoms. The smallest absolute Gasteiger partial charge is 0.124 e. The molecule has 0 aliphatic heterocycles. The van der Waals surface area contributed by atoms with Crippen LogP contribution < -0.4 is 10.5 Å². The summed E-state index contributed by atoms with van der Waals surface area (Å²) in [5.41, 5.74) is 8.26. The van der Waals surface area contributed by atoms with E-state index < -0.39 is 0 Å². The highest BCUT2D eigenvalue weighted by molar-refractivity contribution is 5.38. The minimum Gasteiger partial charge on any atom is -0.491 e. The molecule has 1 fully saturated rings. The van der Waals surface area contributed by atoms with Crippen molar-refractivity contribution in [1.82, 2.24) is 0 Å². The Labute approximate surface area is 117 Å². The fourth-order valence-electron chi connectivity index (χ4n) is 3.44. The Bertz CT molecular complexity index is 448.